The summed E-state index contributed by atoms with van der Waals surface area (Å²) in [5.41, 5.74) is 8.46. The quantitative estimate of drug-likeness (QED) is 0.257. The van der Waals surface area contributed by atoms with Gasteiger partial charge in [-0.25, -0.2) is 10.3 Å². The van der Waals surface area contributed by atoms with E-state index in [1.54, 1.807) is 0 Å². The summed E-state index contributed by atoms with van der Waals surface area (Å²) in [6, 6.07) is 0. The van der Waals surface area contributed by atoms with Crippen molar-refractivity contribution in [1.29, 1.82) is 0 Å². The van der Waals surface area contributed by atoms with Gasteiger partial charge in [0.25, 0.3) is 0 Å². The number of aliphatic hydroxyl groups excluding tert-OH is 3. The molecule has 2 unspecified atom stereocenters. The van der Waals surface area contributed by atoms with E-state index in [9.17, 15) is 10.2 Å². The van der Waals surface area contributed by atoms with E-state index < -0.39 is 36.9 Å². The Morgan fingerprint density at radius 1 is 1.45 bits per heavy atom. The molecule has 0 amide bonds. The van der Waals surface area contributed by atoms with Gasteiger partial charge in [-0.1, -0.05) is 14.9 Å². The summed E-state index contributed by atoms with van der Waals surface area (Å²) in [4.78, 5) is 6.34. The molecule has 0 aliphatic carbocycles. The molecule has 1 saturated heterocycles. The number of nitrogens with zero attached hydrogens (tertiary/aromatic N) is 2. The minimum absolute atomic E-state index is 0. The maximum absolute atomic E-state index is 9.80. The van der Waals surface area contributed by atoms with E-state index in [-0.39, 0.29) is 21.5 Å². The monoisotopic (exact) mass is 313 g/mol. The zero-order chi connectivity index (χ0) is 13.3. The van der Waals surface area contributed by atoms with E-state index in [1.165, 1.54) is 11.3 Å². The molecule has 120 valence electrons. The van der Waals surface area contributed by atoms with Crippen molar-refractivity contribution in [2.45, 2.75) is 51.7 Å². The van der Waals surface area contributed by atoms with Crippen LogP contribution in [0.1, 0.15) is 14.9 Å². The Hall–Kier alpha value is -0.520. The van der Waals surface area contributed by atoms with Crippen LogP contribution in [0.2, 0.25) is 0 Å². The van der Waals surface area contributed by atoms with Crippen LogP contribution in [-0.4, -0.2) is 70.1 Å². The van der Waals surface area contributed by atoms with Crippen molar-refractivity contribution < 1.29 is 20.1 Å². The highest BCUT2D eigenvalue weighted by Gasteiger charge is 2.46. The molecule has 10 heteroatoms. The van der Waals surface area contributed by atoms with Crippen LogP contribution in [0.25, 0.3) is 0 Å². The second-order valence-electron chi connectivity index (χ2n) is 4.11. The number of nitrogens with two attached hydrogens (primary N) is 1. The summed E-state index contributed by atoms with van der Waals surface area (Å²) < 4.78 is 5.31. The number of halogens is 1. The predicted molar refractivity (Wildman–Crippen MR) is 75.4 cm³/mol. The van der Waals surface area contributed by atoms with Crippen molar-refractivity contribution in [3.8, 4) is 0 Å². The largest absolute Gasteiger partial charge is 0.394 e. The second-order valence-corrected chi connectivity index (χ2v) is 4.33. The van der Waals surface area contributed by atoms with Gasteiger partial charge < -0.3 is 25.8 Å². The molecule has 2 heterocycles. The van der Waals surface area contributed by atoms with Gasteiger partial charge in [-0.2, -0.15) is 0 Å². The molecule has 6 atom stereocenters. The van der Waals surface area contributed by atoms with Gasteiger partial charge in [-0.05, 0) is 11.8 Å². The molecule has 2 aliphatic heterocycles. The lowest BCUT2D eigenvalue weighted by Crippen LogP contribution is -2.55. The topological polar surface area (TPSA) is 136 Å². The smallest absolute Gasteiger partial charge is 0.174 e. The fourth-order valence-corrected chi connectivity index (χ4v) is 1.96. The highest BCUT2D eigenvalue weighted by molar-refractivity contribution is 6.13. The third-order valence-corrected chi connectivity index (χ3v) is 3.14. The van der Waals surface area contributed by atoms with E-state index in [4.69, 9.17) is 27.4 Å². The van der Waals surface area contributed by atoms with Gasteiger partial charge in [0.1, 0.15) is 37.0 Å². The van der Waals surface area contributed by atoms with Crippen molar-refractivity contribution in [3.63, 3.8) is 0 Å². The first-order chi connectivity index (χ1) is 8.58. The van der Waals surface area contributed by atoms with Crippen LogP contribution in [0.5, 0.6) is 0 Å². The van der Waals surface area contributed by atoms with Crippen LogP contribution in [0.3, 0.4) is 0 Å². The molecule has 1 fully saturated rings. The van der Waals surface area contributed by atoms with Gasteiger partial charge in [-0.3, -0.25) is 10.0 Å². The third kappa shape index (κ3) is 3.57. The normalized spacial score (nSPS) is 37.5. The first-order valence-electron chi connectivity index (χ1n) is 5.40. The molecule has 0 saturated carbocycles. The molecule has 0 aromatic rings. The van der Waals surface area contributed by atoms with E-state index in [2.05, 4.69) is 15.3 Å². The van der Waals surface area contributed by atoms with Gasteiger partial charge in [0.05, 0.1) is 6.61 Å². The highest BCUT2D eigenvalue weighted by atomic mass is 35.5. The standard InChI is InChI=1S/C8H16ClN5O4.2CH4/c9-12-6(10)7-11-2-14(13-7)8-5(17)4(16)3(1-15)18-8;;/h2-8,12-13,15-17H,1,10H2;2*1H4/t3-,4-,5-,6?,7?,8-;;/m1../s1. The van der Waals surface area contributed by atoms with Crippen molar-refractivity contribution in [2.24, 2.45) is 10.7 Å². The molecule has 2 rings (SSSR count). The second kappa shape index (κ2) is 8.05. The number of hydrogen-bond acceptors (Lipinski definition) is 9. The number of rotatable bonds is 4. The fourth-order valence-electron chi connectivity index (χ4n) is 1.84. The van der Waals surface area contributed by atoms with Gasteiger partial charge in [0.2, 0.25) is 0 Å². The Labute approximate surface area is 123 Å². The third-order valence-electron chi connectivity index (χ3n) is 2.89. The summed E-state index contributed by atoms with van der Waals surface area (Å²) in [5, 5.41) is 29.8. The number of hydrazine groups is 1. The summed E-state index contributed by atoms with van der Waals surface area (Å²) in [7, 11) is 0. The van der Waals surface area contributed by atoms with Crippen LogP contribution in [-0.2, 0) is 4.74 Å². The lowest BCUT2D eigenvalue weighted by Gasteiger charge is -2.27. The molecular weight excluding hydrogens is 290 g/mol. The Kier molecular flexibility index (Phi) is 7.84. The van der Waals surface area contributed by atoms with Crippen LogP contribution in [0.15, 0.2) is 4.99 Å². The number of ether oxygens (including phenoxy) is 1. The van der Waals surface area contributed by atoms with Crippen LogP contribution < -0.4 is 16.0 Å². The Morgan fingerprint density at radius 3 is 2.60 bits per heavy atom. The Bertz CT molecular complexity index is 324. The van der Waals surface area contributed by atoms with Gasteiger partial charge in [-0.15, -0.1) is 0 Å². The highest BCUT2D eigenvalue weighted by Crippen LogP contribution is 2.23. The molecule has 0 radical (unpaired) electrons. The van der Waals surface area contributed by atoms with Gasteiger partial charge in [0.15, 0.2) is 6.23 Å². The molecule has 0 aromatic carbocycles. The maximum atomic E-state index is 9.80. The lowest BCUT2D eigenvalue weighted by atomic mass is 10.1. The number of aliphatic imine (C=N–C) groups is 1. The van der Waals surface area contributed by atoms with Crippen molar-refractivity contribution in [1.82, 2.24) is 15.3 Å². The number of nitrogens with one attached hydrogen (secondary N) is 2. The van der Waals surface area contributed by atoms with Crippen molar-refractivity contribution in [2.75, 3.05) is 6.61 Å². The minimum Gasteiger partial charge on any atom is -0.394 e. The zero-order valence-electron chi connectivity index (χ0n) is 9.35. The predicted octanol–water partition coefficient (Wildman–Crippen LogP) is -2.10. The average molecular weight is 314 g/mol. The maximum Gasteiger partial charge on any atom is 0.174 e. The van der Waals surface area contributed by atoms with Crippen molar-refractivity contribution in [3.05, 3.63) is 0 Å². The van der Waals surface area contributed by atoms with Crippen LogP contribution in [0, 0.1) is 0 Å². The van der Waals surface area contributed by atoms with Gasteiger partial charge in [0, 0.05) is 0 Å². The number of aliphatic hydroxyl groups is 3. The molecule has 0 aromatic heterocycles. The Balaban J connectivity index is 0.00000180. The number of hydrogen-bond donors (Lipinski definition) is 6. The van der Waals surface area contributed by atoms with Crippen LogP contribution in [0.4, 0.5) is 0 Å². The average Bonchev–Trinajstić information content (AvgIpc) is 2.96. The molecule has 20 heavy (non-hydrogen) atoms. The Morgan fingerprint density at radius 2 is 2.10 bits per heavy atom. The zero-order valence-corrected chi connectivity index (χ0v) is 10.1. The van der Waals surface area contributed by atoms with Crippen molar-refractivity contribution >= 4 is 18.1 Å². The molecule has 2 aliphatic rings. The molecular formula is C10H24ClN5O4. The molecule has 0 bridgehead atoms. The molecule has 9 nitrogen and oxygen atoms in total. The molecule has 0 spiro atoms. The van der Waals surface area contributed by atoms with E-state index in [0.29, 0.717) is 0 Å². The minimum atomic E-state index is -1.17. The first kappa shape index (κ1) is 19.5. The summed E-state index contributed by atoms with van der Waals surface area (Å²) in [6.45, 7) is -0.383. The van der Waals surface area contributed by atoms with E-state index in [0.717, 1.165) is 0 Å². The lowest BCUT2D eigenvalue weighted by molar-refractivity contribution is -0.0848. The van der Waals surface area contributed by atoms with Gasteiger partial charge >= 0.3 is 0 Å². The SMILES string of the molecule is C.C.NC(NCl)C1N=CN([C@@H]2O[C@H](CO)[C@@H](O)[C@H]2O)N1. The fraction of sp³-hybridized carbons (Fsp3) is 0.900. The molecule has 7 N–H and O–H groups in total. The van der Waals surface area contributed by atoms with E-state index >= 15 is 0 Å². The van der Waals surface area contributed by atoms with Crippen LogP contribution >= 0.6 is 11.8 Å². The first-order valence-corrected chi connectivity index (χ1v) is 5.78. The van der Waals surface area contributed by atoms with E-state index in [1.807, 2.05) is 0 Å². The summed E-state index contributed by atoms with van der Waals surface area (Å²) in [6.07, 6.45) is -3.76. The summed E-state index contributed by atoms with van der Waals surface area (Å²) >= 11 is 5.38. The summed E-state index contributed by atoms with van der Waals surface area (Å²) in [5.74, 6) is 0.